The summed E-state index contributed by atoms with van der Waals surface area (Å²) in [6, 6.07) is 6.65. The fourth-order valence-corrected chi connectivity index (χ4v) is 1.76. The van der Waals surface area contributed by atoms with E-state index < -0.39 is 12.4 Å². The van der Waals surface area contributed by atoms with E-state index in [1.807, 2.05) is 6.92 Å². The van der Waals surface area contributed by atoms with Crippen molar-refractivity contribution < 1.29 is 22.3 Å². The van der Waals surface area contributed by atoms with Gasteiger partial charge in [-0.05, 0) is 36.2 Å². The number of nitrogens with two attached hydrogens (primary N) is 1. The average molecular weight is 271 g/mol. The van der Waals surface area contributed by atoms with Crippen LogP contribution in [0.4, 0.5) is 13.2 Å². The Labute approximate surface area is 107 Å². The van der Waals surface area contributed by atoms with E-state index in [-0.39, 0.29) is 5.75 Å². The molecule has 0 spiro atoms. The summed E-state index contributed by atoms with van der Waals surface area (Å²) in [5.41, 5.74) is 7.29. The highest BCUT2D eigenvalue weighted by Gasteiger charge is 2.31. The van der Waals surface area contributed by atoms with E-state index in [0.717, 1.165) is 5.56 Å². The summed E-state index contributed by atoms with van der Waals surface area (Å²) in [6.45, 7) is 1.81. The van der Waals surface area contributed by atoms with Crippen molar-refractivity contribution in [3.8, 4) is 5.75 Å². The first-order chi connectivity index (χ1) is 8.87. The zero-order valence-electron chi connectivity index (χ0n) is 10.1. The molecule has 1 aromatic carbocycles. The quantitative estimate of drug-likeness (QED) is 0.928. The van der Waals surface area contributed by atoms with Crippen molar-refractivity contribution >= 4 is 0 Å². The first-order valence-electron chi connectivity index (χ1n) is 5.52. The van der Waals surface area contributed by atoms with Crippen LogP contribution < -0.4 is 10.5 Å². The van der Waals surface area contributed by atoms with Gasteiger partial charge < -0.3 is 14.9 Å². The minimum atomic E-state index is -4.72. The lowest BCUT2D eigenvalue weighted by Crippen LogP contribution is -2.18. The molecule has 19 heavy (non-hydrogen) atoms. The molecule has 0 amide bonds. The van der Waals surface area contributed by atoms with Gasteiger partial charge >= 0.3 is 6.36 Å². The lowest BCUT2D eigenvalue weighted by atomic mass is 10.0. The second-order valence-corrected chi connectivity index (χ2v) is 4.07. The van der Waals surface area contributed by atoms with Gasteiger partial charge in [0.25, 0.3) is 0 Å². The standard InChI is InChI=1S/C13H12F3NO2/c1-8-5-6-18-12(8)11(17)9-3-2-4-10(7-9)19-13(14,15)16/h2-7,11H,17H2,1H3. The van der Waals surface area contributed by atoms with Gasteiger partial charge in [-0.25, -0.2) is 0 Å². The predicted octanol–water partition coefficient (Wildman–Crippen LogP) is 3.53. The van der Waals surface area contributed by atoms with Crippen LogP contribution in [0.5, 0.6) is 5.75 Å². The Bertz CT molecular complexity index is 563. The third kappa shape index (κ3) is 3.29. The van der Waals surface area contributed by atoms with E-state index in [9.17, 15) is 13.2 Å². The summed E-state index contributed by atoms with van der Waals surface area (Å²) in [5.74, 6) is 0.216. The van der Waals surface area contributed by atoms with Gasteiger partial charge in [-0.1, -0.05) is 12.1 Å². The Morgan fingerprint density at radius 2 is 2.00 bits per heavy atom. The first-order valence-corrected chi connectivity index (χ1v) is 5.52. The Kier molecular flexibility index (Phi) is 3.53. The molecule has 3 nitrogen and oxygen atoms in total. The number of furan rings is 1. The Morgan fingerprint density at radius 3 is 2.58 bits per heavy atom. The smallest absolute Gasteiger partial charge is 0.467 e. The minimum absolute atomic E-state index is 0.301. The van der Waals surface area contributed by atoms with E-state index in [1.165, 1.54) is 24.5 Å². The molecule has 0 radical (unpaired) electrons. The summed E-state index contributed by atoms with van der Waals surface area (Å²) in [5, 5.41) is 0. The summed E-state index contributed by atoms with van der Waals surface area (Å²) >= 11 is 0. The second-order valence-electron chi connectivity index (χ2n) is 4.07. The SMILES string of the molecule is Cc1ccoc1C(N)c1cccc(OC(F)(F)F)c1. The monoisotopic (exact) mass is 271 g/mol. The maximum absolute atomic E-state index is 12.1. The van der Waals surface area contributed by atoms with E-state index >= 15 is 0 Å². The van der Waals surface area contributed by atoms with Crippen LogP contribution in [0.25, 0.3) is 0 Å². The molecule has 0 aliphatic heterocycles. The molecule has 1 heterocycles. The highest BCUT2D eigenvalue weighted by atomic mass is 19.4. The molecule has 102 valence electrons. The summed E-state index contributed by atoms with van der Waals surface area (Å²) in [4.78, 5) is 0. The molecule has 6 heteroatoms. The maximum atomic E-state index is 12.1. The number of ether oxygens (including phenoxy) is 1. The lowest BCUT2D eigenvalue weighted by Gasteiger charge is -2.13. The van der Waals surface area contributed by atoms with Crippen LogP contribution >= 0.6 is 0 Å². The molecule has 1 atom stereocenters. The topological polar surface area (TPSA) is 48.4 Å². The van der Waals surface area contributed by atoms with E-state index in [4.69, 9.17) is 10.2 Å². The Balaban J connectivity index is 2.26. The number of hydrogen-bond donors (Lipinski definition) is 1. The lowest BCUT2D eigenvalue weighted by molar-refractivity contribution is -0.274. The van der Waals surface area contributed by atoms with E-state index in [1.54, 1.807) is 12.1 Å². The van der Waals surface area contributed by atoms with Gasteiger partial charge in [0.2, 0.25) is 0 Å². The first kappa shape index (κ1) is 13.5. The van der Waals surface area contributed by atoms with Crippen LogP contribution in [0.3, 0.4) is 0 Å². The van der Waals surface area contributed by atoms with Crippen LogP contribution in [0.2, 0.25) is 0 Å². The normalized spacial score (nSPS) is 13.3. The summed E-state index contributed by atoms with van der Waals surface area (Å²) < 4.78 is 45.5. The zero-order chi connectivity index (χ0) is 14.0. The highest BCUT2D eigenvalue weighted by Crippen LogP contribution is 2.28. The van der Waals surface area contributed by atoms with Gasteiger partial charge in [-0.3, -0.25) is 0 Å². The van der Waals surface area contributed by atoms with Crippen LogP contribution in [0.1, 0.15) is 22.9 Å². The maximum Gasteiger partial charge on any atom is 0.573 e. The number of aryl methyl sites for hydroxylation is 1. The molecule has 2 N–H and O–H groups in total. The van der Waals surface area contributed by atoms with E-state index in [0.29, 0.717) is 11.3 Å². The average Bonchev–Trinajstić information content (AvgIpc) is 2.72. The molecule has 0 saturated heterocycles. The number of alkyl halides is 3. The second kappa shape index (κ2) is 4.97. The van der Waals surface area contributed by atoms with Crippen LogP contribution in [-0.4, -0.2) is 6.36 Å². The minimum Gasteiger partial charge on any atom is -0.467 e. The molecule has 0 fully saturated rings. The molecule has 2 aromatic rings. The molecule has 2 rings (SSSR count). The van der Waals surface area contributed by atoms with Crippen molar-refractivity contribution in [2.75, 3.05) is 0 Å². The highest BCUT2D eigenvalue weighted by molar-refractivity contribution is 5.35. The number of halogens is 3. The largest absolute Gasteiger partial charge is 0.573 e. The molecule has 0 bridgehead atoms. The third-order valence-electron chi connectivity index (χ3n) is 2.63. The van der Waals surface area contributed by atoms with Crippen molar-refractivity contribution in [2.45, 2.75) is 19.3 Å². The molecule has 1 unspecified atom stereocenters. The number of benzene rings is 1. The third-order valence-corrected chi connectivity index (χ3v) is 2.63. The van der Waals surface area contributed by atoms with Gasteiger partial charge in [-0.2, -0.15) is 0 Å². The number of hydrogen-bond acceptors (Lipinski definition) is 3. The molecule has 0 aliphatic carbocycles. The molecule has 0 aliphatic rings. The summed E-state index contributed by atoms with van der Waals surface area (Å²) in [7, 11) is 0. The van der Waals surface area contributed by atoms with Gasteiger partial charge in [0.1, 0.15) is 11.5 Å². The molecule has 0 saturated carbocycles. The fraction of sp³-hybridized carbons (Fsp3) is 0.231. The zero-order valence-corrected chi connectivity index (χ0v) is 10.1. The molecule has 1 aromatic heterocycles. The van der Waals surface area contributed by atoms with Crippen molar-refractivity contribution in [2.24, 2.45) is 5.73 Å². The van der Waals surface area contributed by atoms with Gasteiger partial charge in [0, 0.05) is 0 Å². The van der Waals surface area contributed by atoms with Crippen LogP contribution in [-0.2, 0) is 0 Å². The Hall–Kier alpha value is -1.95. The predicted molar refractivity (Wildman–Crippen MR) is 62.6 cm³/mol. The van der Waals surface area contributed by atoms with Gasteiger partial charge in [-0.15, -0.1) is 13.2 Å². The summed E-state index contributed by atoms with van der Waals surface area (Å²) in [6.07, 6.45) is -3.23. The Morgan fingerprint density at radius 1 is 1.26 bits per heavy atom. The molecular weight excluding hydrogens is 259 g/mol. The van der Waals surface area contributed by atoms with Crippen LogP contribution in [0, 0.1) is 6.92 Å². The fourth-order valence-electron chi connectivity index (χ4n) is 1.76. The van der Waals surface area contributed by atoms with Crippen LogP contribution in [0.15, 0.2) is 41.0 Å². The van der Waals surface area contributed by atoms with Gasteiger partial charge in [0.15, 0.2) is 0 Å². The van der Waals surface area contributed by atoms with Crippen molar-refractivity contribution in [1.29, 1.82) is 0 Å². The van der Waals surface area contributed by atoms with Crippen molar-refractivity contribution in [3.63, 3.8) is 0 Å². The van der Waals surface area contributed by atoms with Gasteiger partial charge in [0.05, 0.1) is 12.3 Å². The van der Waals surface area contributed by atoms with Crippen molar-refractivity contribution in [1.82, 2.24) is 0 Å². The number of rotatable bonds is 3. The molecular formula is C13H12F3NO2. The van der Waals surface area contributed by atoms with Crippen molar-refractivity contribution in [3.05, 3.63) is 53.5 Å². The van der Waals surface area contributed by atoms with E-state index in [2.05, 4.69) is 4.74 Å².